The Hall–Kier alpha value is -0.650. The fourth-order valence-corrected chi connectivity index (χ4v) is 3.30. The van der Waals surface area contributed by atoms with Crippen LogP contribution >= 0.6 is 23.4 Å². The van der Waals surface area contributed by atoms with Crippen LogP contribution < -0.4 is 0 Å². The zero-order valence-corrected chi connectivity index (χ0v) is 10.1. The van der Waals surface area contributed by atoms with Crippen molar-refractivity contribution in [1.29, 1.82) is 5.26 Å². The van der Waals surface area contributed by atoms with E-state index < -0.39 is 0 Å². The molecule has 0 N–H and O–H groups in total. The van der Waals surface area contributed by atoms with Gasteiger partial charge in [-0.2, -0.15) is 5.26 Å². The lowest BCUT2D eigenvalue weighted by Gasteiger charge is -2.41. The van der Waals surface area contributed by atoms with Crippen LogP contribution in [0.3, 0.4) is 0 Å². The number of benzene rings is 1. The van der Waals surface area contributed by atoms with E-state index in [-0.39, 0.29) is 4.75 Å². The first kappa shape index (κ1) is 10.9. The molecule has 0 aromatic heterocycles. The van der Waals surface area contributed by atoms with Gasteiger partial charge in [-0.3, -0.25) is 0 Å². The molecule has 1 saturated carbocycles. The van der Waals surface area contributed by atoms with E-state index in [1.165, 1.54) is 0 Å². The van der Waals surface area contributed by atoms with Gasteiger partial charge in [0.25, 0.3) is 0 Å². The molecule has 15 heavy (non-hydrogen) atoms. The Bertz CT molecular complexity index is 412. The highest BCUT2D eigenvalue weighted by Gasteiger charge is 2.45. The van der Waals surface area contributed by atoms with Gasteiger partial charge in [0.05, 0.1) is 11.1 Å². The summed E-state index contributed by atoms with van der Waals surface area (Å²) in [5.41, 5.74) is 0. The van der Waals surface area contributed by atoms with Crippen LogP contribution in [0.25, 0.3) is 0 Å². The van der Waals surface area contributed by atoms with Gasteiger partial charge < -0.3 is 0 Å². The lowest BCUT2D eigenvalue weighted by Crippen LogP contribution is -2.40. The lowest BCUT2D eigenvalue weighted by atomic mass is 9.75. The van der Waals surface area contributed by atoms with Crippen LogP contribution in [0, 0.1) is 17.2 Å². The summed E-state index contributed by atoms with van der Waals surface area (Å²) in [6.07, 6.45) is 2.12. The van der Waals surface area contributed by atoms with Crippen molar-refractivity contribution in [3.8, 4) is 6.07 Å². The van der Waals surface area contributed by atoms with Crippen LogP contribution in [0.2, 0.25) is 5.02 Å². The lowest BCUT2D eigenvalue weighted by molar-refractivity contribution is 0.297. The maximum Gasteiger partial charge on any atom is 0.110 e. The molecule has 1 aromatic carbocycles. The third-order valence-corrected chi connectivity index (χ3v) is 5.14. The van der Waals surface area contributed by atoms with Gasteiger partial charge in [-0.15, -0.1) is 11.8 Å². The number of hydrogen-bond donors (Lipinski definition) is 0. The maximum atomic E-state index is 9.25. The summed E-state index contributed by atoms with van der Waals surface area (Å²) in [7, 11) is 0. The molecule has 1 fully saturated rings. The fourth-order valence-electron chi connectivity index (χ4n) is 1.76. The van der Waals surface area contributed by atoms with Crippen molar-refractivity contribution in [3.63, 3.8) is 0 Å². The van der Waals surface area contributed by atoms with Crippen LogP contribution in [-0.2, 0) is 0 Å². The minimum absolute atomic E-state index is 0.245. The minimum Gasteiger partial charge on any atom is -0.197 e. The van der Waals surface area contributed by atoms with E-state index in [0.29, 0.717) is 5.92 Å². The molecule has 0 spiro atoms. The van der Waals surface area contributed by atoms with Gasteiger partial charge in [-0.25, -0.2) is 0 Å². The molecule has 2 atom stereocenters. The summed E-state index contributed by atoms with van der Waals surface area (Å²) in [5, 5.41) is 9.99. The number of rotatable bonds is 2. The van der Waals surface area contributed by atoms with Crippen LogP contribution in [0.1, 0.15) is 19.8 Å². The molecule has 1 aliphatic carbocycles. The third-order valence-electron chi connectivity index (χ3n) is 3.06. The second-order valence-corrected chi connectivity index (χ2v) is 5.75. The highest BCUT2D eigenvalue weighted by atomic mass is 35.5. The minimum atomic E-state index is -0.245. The van der Waals surface area contributed by atoms with E-state index in [4.69, 9.17) is 11.6 Å². The van der Waals surface area contributed by atoms with E-state index in [1.807, 2.05) is 24.3 Å². The van der Waals surface area contributed by atoms with Gasteiger partial charge in [-0.1, -0.05) is 30.7 Å². The summed E-state index contributed by atoms with van der Waals surface area (Å²) < 4.78 is -0.245. The topological polar surface area (TPSA) is 23.8 Å². The van der Waals surface area contributed by atoms with Crippen LogP contribution in [0.4, 0.5) is 0 Å². The quantitative estimate of drug-likeness (QED) is 0.773. The smallest absolute Gasteiger partial charge is 0.110 e. The van der Waals surface area contributed by atoms with Crippen LogP contribution in [-0.4, -0.2) is 4.75 Å². The van der Waals surface area contributed by atoms with E-state index in [9.17, 15) is 5.26 Å². The van der Waals surface area contributed by atoms with Crippen molar-refractivity contribution < 1.29 is 0 Å². The van der Waals surface area contributed by atoms with E-state index in [1.54, 1.807) is 11.8 Å². The molecule has 2 rings (SSSR count). The van der Waals surface area contributed by atoms with Crippen molar-refractivity contribution in [3.05, 3.63) is 29.3 Å². The molecule has 0 radical (unpaired) electrons. The highest BCUT2D eigenvalue weighted by Crippen LogP contribution is 2.52. The molecule has 0 bridgehead atoms. The number of thioether (sulfide) groups is 1. The van der Waals surface area contributed by atoms with Gasteiger partial charge in [0.2, 0.25) is 0 Å². The predicted molar refractivity (Wildman–Crippen MR) is 64.1 cm³/mol. The summed E-state index contributed by atoms with van der Waals surface area (Å²) in [4.78, 5) is 1.02. The molecule has 1 aliphatic rings. The predicted octanol–water partition coefficient (Wildman–Crippen LogP) is 4.12. The molecule has 1 aromatic rings. The van der Waals surface area contributed by atoms with Crippen LogP contribution in [0.5, 0.6) is 0 Å². The number of nitriles is 1. The molecule has 0 saturated heterocycles. The van der Waals surface area contributed by atoms with Gasteiger partial charge >= 0.3 is 0 Å². The Morgan fingerprint density at radius 1 is 1.53 bits per heavy atom. The Balaban J connectivity index is 2.22. The second kappa shape index (κ2) is 4.08. The molecular weight excluding hydrogens is 226 g/mol. The third kappa shape index (κ3) is 1.87. The van der Waals surface area contributed by atoms with Gasteiger partial charge in [0, 0.05) is 4.90 Å². The second-order valence-electron chi connectivity index (χ2n) is 3.97. The Morgan fingerprint density at radius 3 is 2.73 bits per heavy atom. The molecule has 0 amide bonds. The first-order valence-corrected chi connectivity index (χ1v) is 6.22. The number of halogens is 1. The molecule has 1 nitrogen and oxygen atoms in total. The average molecular weight is 238 g/mol. The standard InChI is InChI=1S/C12H12ClNS/c1-9-6-7-12(9,8-14)15-11-5-3-2-4-10(11)13/h2-5,9H,6-7H2,1H3. The van der Waals surface area contributed by atoms with Crippen molar-refractivity contribution in [1.82, 2.24) is 0 Å². The first-order valence-electron chi connectivity index (χ1n) is 5.03. The zero-order valence-electron chi connectivity index (χ0n) is 8.53. The zero-order chi connectivity index (χ0) is 10.9. The van der Waals surface area contributed by atoms with Gasteiger partial charge in [0.15, 0.2) is 0 Å². The molecule has 0 heterocycles. The van der Waals surface area contributed by atoms with Gasteiger partial charge in [-0.05, 0) is 30.9 Å². The number of nitrogens with zero attached hydrogens (tertiary/aromatic N) is 1. The number of hydrogen-bond acceptors (Lipinski definition) is 2. The van der Waals surface area contributed by atoms with E-state index >= 15 is 0 Å². The maximum absolute atomic E-state index is 9.25. The highest BCUT2D eigenvalue weighted by molar-refractivity contribution is 8.01. The van der Waals surface area contributed by atoms with Crippen LogP contribution in [0.15, 0.2) is 29.2 Å². The monoisotopic (exact) mass is 237 g/mol. The summed E-state index contributed by atoms with van der Waals surface area (Å²) in [6.45, 7) is 2.14. The summed E-state index contributed by atoms with van der Waals surface area (Å²) in [5.74, 6) is 0.462. The average Bonchev–Trinajstić information content (AvgIpc) is 2.26. The van der Waals surface area contributed by atoms with Crippen molar-refractivity contribution in [2.45, 2.75) is 29.4 Å². The van der Waals surface area contributed by atoms with E-state index in [2.05, 4.69) is 13.0 Å². The summed E-state index contributed by atoms with van der Waals surface area (Å²) in [6, 6.07) is 10.2. The molecule has 3 heteroatoms. The van der Waals surface area contributed by atoms with Gasteiger partial charge in [0.1, 0.15) is 4.75 Å². The normalized spacial score (nSPS) is 29.3. The Kier molecular flexibility index (Phi) is 2.95. The summed E-state index contributed by atoms with van der Waals surface area (Å²) >= 11 is 7.71. The molecule has 2 unspecified atom stereocenters. The van der Waals surface area contributed by atoms with Crippen molar-refractivity contribution in [2.75, 3.05) is 0 Å². The van der Waals surface area contributed by atoms with Crippen molar-refractivity contribution >= 4 is 23.4 Å². The molecule has 0 aliphatic heterocycles. The Labute approximate surface area is 99.4 Å². The first-order chi connectivity index (χ1) is 7.18. The fraction of sp³-hybridized carbons (Fsp3) is 0.417. The van der Waals surface area contributed by atoms with E-state index in [0.717, 1.165) is 22.8 Å². The SMILES string of the molecule is CC1CCC1(C#N)Sc1ccccc1Cl. The largest absolute Gasteiger partial charge is 0.197 e. The molecule has 78 valence electrons. The van der Waals surface area contributed by atoms with Crippen molar-refractivity contribution in [2.24, 2.45) is 5.92 Å². The Morgan fingerprint density at radius 2 is 2.27 bits per heavy atom. The molecular formula is C12H12ClNS.